The fourth-order valence-electron chi connectivity index (χ4n) is 8.40. The molecule has 266 valence electrons. The molecule has 0 saturated carbocycles. The Kier molecular flexibility index (Phi) is 8.57. The number of carbonyl (C=O) groups is 2. The minimum atomic E-state index is -2.95. The van der Waals surface area contributed by atoms with E-state index in [-0.39, 0.29) is 24.0 Å². The molecule has 1 saturated heterocycles. The van der Waals surface area contributed by atoms with Gasteiger partial charge in [0.25, 0.3) is 11.8 Å². The van der Waals surface area contributed by atoms with Gasteiger partial charge in [-0.15, -0.1) is 5.10 Å². The minimum absolute atomic E-state index is 0.105. The van der Waals surface area contributed by atoms with E-state index in [1.807, 2.05) is 123 Å². The summed E-state index contributed by atoms with van der Waals surface area (Å²) in [6.07, 6.45) is 0.772. The SMILES string of the molecule is C[C@@H]1[C@@H]([Si](C)(C)O)[C@H](CCn2cc([C@H](O)c3ccccc3)nn2)O[C@@]12C(=O)N(Cc1ccccc1)c1ccc(N3C(=O)COc4ccccc43)cc12. The maximum atomic E-state index is 15.0. The Hall–Kier alpha value is -5.14. The summed E-state index contributed by atoms with van der Waals surface area (Å²) in [5.41, 5.74) is 3.02. The number of ether oxygens (including phenoxy) is 2. The molecule has 0 bridgehead atoms. The average molecular weight is 716 g/mol. The number of amides is 2. The molecular weight excluding hydrogens is 675 g/mol. The Bertz CT molecular complexity index is 2120. The Morgan fingerprint density at radius 3 is 2.40 bits per heavy atom. The highest BCUT2D eigenvalue weighted by molar-refractivity contribution is 6.71. The lowest BCUT2D eigenvalue weighted by atomic mass is 9.82. The van der Waals surface area contributed by atoms with Gasteiger partial charge in [0.2, 0.25) is 0 Å². The monoisotopic (exact) mass is 715 g/mol. The van der Waals surface area contributed by atoms with Gasteiger partial charge in [-0.25, -0.2) is 0 Å². The number of rotatable bonds is 9. The fraction of sp³-hybridized carbons (Fsp3) is 0.300. The number of benzene rings is 4. The molecule has 3 aliphatic rings. The lowest BCUT2D eigenvalue weighted by molar-refractivity contribution is -0.146. The van der Waals surface area contributed by atoms with Gasteiger partial charge in [0.1, 0.15) is 17.5 Å². The fourth-order valence-corrected chi connectivity index (χ4v) is 11.0. The Balaban J connectivity index is 1.17. The first kappa shape index (κ1) is 34.0. The third-order valence-electron chi connectivity index (χ3n) is 10.7. The molecule has 12 heteroatoms. The van der Waals surface area contributed by atoms with Crippen LogP contribution in [0.25, 0.3) is 0 Å². The summed E-state index contributed by atoms with van der Waals surface area (Å²) < 4.78 is 14.5. The average Bonchev–Trinajstić information content (AvgIpc) is 3.81. The molecule has 52 heavy (non-hydrogen) atoms. The molecule has 2 N–H and O–H groups in total. The minimum Gasteiger partial charge on any atom is -0.482 e. The van der Waals surface area contributed by atoms with Crippen molar-refractivity contribution in [1.82, 2.24) is 15.0 Å². The van der Waals surface area contributed by atoms with Crippen molar-refractivity contribution in [3.05, 3.63) is 132 Å². The number of hydrogen-bond acceptors (Lipinski definition) is 8. The van der Waals surface area contributed by atoms with E-state index in [4.69, 9.17) is 9.47 Å². The number of aliphatic hydroxyl groups excluding tert-OH is 1. The number of anilines is 3. The largest absolute Gasteiger partial charge is 0.482 e. The molecule has 5 atom stereocenters. The van der Waals surface area contributed by atoms with Gasteiger partial charge < -0.3 is 24.3 Å². The molecule has 1 fully saturated rings. The number of para-hydroxylation sites is 2. The van der Waals surface area contributed by atoms with Gasteiger partial charge in [0.05, 0.1) is 30.2 Å². The van der Waals surface area contributed by atoms with E-state index in [0.29, 0.717) is 53.6 Å². The molecule has 8 rings (SSSR count). The van der Waals surface area contributed by atoms with Crippen molar-refractivity contribution in [2.45, 2.75) is 62.9 Å². The number of hydrogen-bond donors (Lipinski definition) is 2. The summed E-state index contributed by atoms with van der Waals surface area (Å²) in [5.74, 6) is -0.206. The van der Waals surface area contributed by atoms with Crippen LogP contribution in [0.2, 0.25) is 18.6 Å². The van der Waals surface area contributed by atoms with Gasteiger partial charge in [-0.1, -0.05) is 84.9 Å². The number of aromatic nitrogens is 3. The molecular formula is C40H41N5O6Si. The molecule has 0 aliphatic carbocycles. The Labute approximate surface area is 303 Å². The van der Waals surface area contributed by atoms with Crippen LogP contribution in [0.5, 0.6) is 5.75 Å². The first-order valence-electron chi connectivity index (χ1n) is 17.6. The van der Waals surface area contributed by atoms with Gasteiger partial charge in [-0.2, -0.15) is 0 Å². The molecule has 5 aromatic rings. The standard InChI is InChI=1S/C40H41N5O6Si/c1-26-38(52(2,3)49)35(20-21-43-24-31(41-42-43)37(47)28-14-8-5-9-15-28)51-40(26)30-22-29(45-33-16-10-11-17-34(33)50-25-36(45)46)18-19-32(30)44(39(40)48)23-27-12-6-4-7-13-27/h4-19,22,24,26,35,37-38,47,49H,20-21,23,25H2,1-3H3/t26-,35+,37-,38-,40+/m1/s1. The number of nitrogens with zero attached hydrogens (tertiary/aromatic N) is 5. The number of aliphatic hydroxyl groups is 1. The molecule has 11 nitrogen and oxygen atoms in total. The van der Waals surface area contributed by atoms with E-state index in [1.165, 1.54) is 0 Å². The van der Waals surface area contributed by atoms with Crippen molar-refractivity contribution in [3.63, 3.8) is 0 Å². The van der Waals surface area contributed by atoms with Crippen LogP contribution in [-0.2, 0) is 33.0 Å². The first-order valence-corrected chi connectivity index (χ1v) is 20.7. The van der Waals surface area contributed by atoms with Crippen LogP contribution in [-0.4, -0.2) is 57.7 Å². The summed E-state index contributed by atoms with van der Waals surface area (Å²) >= 11 is 0. The Morgan fingerprint density at radius 1 is 0.942 bits per heavy atom. The maximum Gasteiger partial charge on any atom is 0.269 e. The predicted octanol–water partition coefficient (Wildman–Crippen LogP) is 5.85. The highest BCUT2D eigenvalue weighted by atomic mass is 28.4. The lowest BCUT2D eigenvalue weighted by Crippen LogP contribution is -2.46. The second-order valence-electron chi connectivity index (χ2n) is 14.4. The third kappa shape index (κ3) is 5.72. The quantitative estimate of drug-likeness (QED) is 0.182. The van der Waals surface area contributed by atoms with E-state index in [9.17, 15) is 14.7 Å². The van der Waals surface area contributed by atoms with E-state index in [1.54, 1.807) is 20.7 Å². The summed E-state index contributed by atoms with van der Waals surface area (Å²) in [4.78, 5) is 43.7. The molecule has 4 aromatic carbocycles. The molecule has 1 aromatic heterocycles. The first-order chi connectivity index (χ1) is 25.1. The lowest BCUT2D eigenvalue weighted by Gasteiger charge is -2.33. The molecule has 2 amide bonds. The van der Waals surface area contributed by atoms with Crippen molar-refractivity contribution < 1.29 is 29.0 Å². The van der Waals surface area contributed by atoms with E-state index >= 15 is 4.79 Å². The van der Waals surface area contributed by atoms with Crippen LogP contribution in [0.1, 0.15) is 41.8 Å². The van der Waals surface area contributed by atoms with Gasteiger partial charge in [0.15, 0.2) is 20.5 Å². The van der Waals surface area contributed by atoms with Crippen molar-refractivity contribution in [1.29, 1.82) is 0 Å². The van der Waals surface area contributed by atoms with Gasteiger partial charge in [0, 0.05) is 29.3 Å². The highest BCUT2D eigenvalue weighted by Gasteiger charge is 2.66. The molecule has 0 unspecified atom stereocenters. The summed E-state index contributed by atoms with van der Waals surface area (Å²) in [5, 5.41) is 19.4. The number of carbonyl (C=O) groups excluding carboxylic acids is 2. The molecule has 1 spiro atoms. The second-order valence-corrected chi connectivity index (χ2v) is 18.4. The predicted molar refractivity (Wildman–Crippen MR) is 197 cm³/mol. The van der Waals surface area contributed by atoms with Crippen LogP contribution >= 0.6 is 0 Å². The van der Waals surface area contributed by atoms with Gasteiger partial charge in [-0.3, -0.25) is 19.2 Å². The zero-order valence-electron chi connectivity index (χ0n) is 29.3. The van der Waals surface area contributed by atoms with Gasteiger partial charge >= 0.3 is 0 Å². The third-order valence-corrected chi connectivity index (χ3v) is 13.2. The van der Waals surface area contributed by atoms with Crippen molar-refractivity contribution in [2.75, 3.05) is 16.4 Å². The van der Waals surface area contributed by atoms with Crippen LogP contribution < -0.4 is 14.5 Å². The number of fused-ring (bicyclic) bond motifs is 3. The number of aryl methyl sites for hydroxylation is 1. The zero-order chi connectivity index (χ0) is 36.2. The van der Waals surface area contributed by atoms with Crippen LogP contribution in [0, 0.1) is 5.92 Å². The van der Waals surface area contributed by atoms with E-state index in [2.05, 4.69) is 10.3 Å². The summed E-state index contributed by atoms with van der Waals surface area (Å²) in [7, 11) is -2.95. The van der Waals surface area contributed by atoms with E-state index < -0.39 is 32.0 Å². The molecule has 4 heterocycles. The summed E-state index contributed by atoms with van der Waals surface area (Å²) in [6.45, 7) is 6.44. The van der Waals surface area contributed by atoms with Crippen molar-refractivity contribution in [2.24, 2.45) is 5.92 Å². The van der Waals surface area contributed by atoms with Crippen molar-refractivity contribution in [3.8, 4) is 5.75 Å². The molecule has 0 radical (unpaired) electrons. The summed E-state index contributed by atoms with van der Waals surface area (Å²) in [6, 6.07) is 32.2. The topological polar surface area (TPSA) is 130 Å². The van der Waals surface area contributed by atoms with Crippen molar-refractivity contribution >= 4 is 37.2 Å². The van der Waals surface area contributed by atoms with Crippen LogP contribution in [0.3, 0.4) is 0 Å². The highest BCUT2D eigenvalue weighted by Crippen LogP contribution is 2.60. The van der Waals surface area contributed by atoms with E-state index in [0.717, 1.165) is 11.1 Å². The van der Waals surface area contributed by atoms with Crippen LogP contribution in [0.15, 0.2) is 109 Å². The normalized spacial score (nSPS) is 23.1. The van der Waals surface area contributed by atoms with Crippen LogP contribution in [0.4, 0.5) is 17.1 Å². The maximum absolute atomic E-state index is 15.0. The Morgan fingerprint density at radius 2 is 1.65 bits per heavy atom. The van der Waals surface area contributed by atoms with Gasteiger partial charge in [-0.05, 0) is 61.0 Å². The second kappa shape index (κ2) is 13.1. The smallest absolute Gasteiger partial charge is 0.269 e. The zero-order valence-corrected chi connectivity index (χ0v) is 30.3. The molecule has 3 aliphatic heterocycles.